The first kappa shape index (κ1) is 22.7. The lowest BCUT2D eigenvalue weighted by Crippen LogP contribution is -2.56. The van der Waals surface area contributed by atoms with E-state index in [2.05, 4.69) is 34.5 Å². The van der Waals surface area contributed by atoms with Crippen molar-refractivity contribution >= 4 is 17.8 Å². The number of urea groups is 1. The molecule has 0 bridgehead atoms. The summed E-state index contributed by atoms with van der Waals surface area (Å²) in [7, 11) is 3.74. The van der Waals surface area contributed by atoms with E-state index in [-0.39, 0.29) is 23.9 Å². The number of rotatable bonds is 6. The number of hydrogen-bond donors (Lipinski definition) is 1. The number of carbonyl (C=O) groups excluding carboxylic acids is 3. The van der Waals surface area contributed by atoms with E-state index in [1.807, 2.05) is 25.1 Å². The Hall–Kier alpha value is -2.45. The summed E-state index contributed by atoms with van der Waals surface area (Å²) < 4.78 is 0. The van der Waals surface area contributed by atoms with Crippen LogP contribution in [0.25, 0.3) is 0 Å². The molecule has 1 aromatic rings. The molecule has 0 radical (unpaired) electrons. The number of nitrogens with zero attached hydrogens (tertiary/aromatic N) is 4. The molecule has 3 aliphatic rings. The van der Waals surface area contributed by atoms with Gasteiger partial charge in [0.15, 0.2) is 0 Å². The van der Waals surface area contributed by atoms with Crippen LogP contribution in [0, 0.1) is 0 Å². The number of amides is 4. The molecule has 8 heteroatoms. The normalized spacial score (nSPS) is 23.8. The van der Waals surface area contributed by atoms with E-state index in [1.165, 1.54) is 10.5 Å². The van der Waals surface area contributed by atoms with Crippen LogP contribution < -0.4 is 5.32 Å². The number of carbonyl (C=O) groups is 3. The molecule has 3 heterocycles. The molecule has 0 saturated carbocycles. The molecule has 4 amide bonds. The van der Waals surface area contributed by atoms with Crippen LogP contribution in [-0.2, 0) is 16.0 Å². The van der Waals surface area contributed by atoms with E-state index >= 15 is 0 Å². The zero-order valence-electron chi connectivity index (χ0n) is 19.3. The summed E-state index contributed by atoms with van der Waals surface area (Å²) in [6.45, 7) is 4.02. The molecule has 0 aliphatic carbocycles. The molecule has 32 heavy (non-hydrogen) atoms. The molecule has 1 spiro atoms. The highest BCUT2D eigenvalue weighted by Crippen LogP contribution is 2.32. The van der Waals surface area contributed by atoms with Crippen LogP contribution in [-0.4, -0.2) is 102 Å². The average molecular weight is 442 g/mol. The maximum atomic E-state index is 13.4. The van der Waals surface area contributed by atoms with E-state index in [0.29, 0.717) is 32.5 Å². The van der Waals surface area contributed by atoms with Crippen molar-refractivity contribution in [3.05, 3.63) is 35.9 Å². The van der Waals surface area contributed by atoms with Crippen molar-refractivity contribution < 1.29 is 14.4 Å². The van der Waals surface area contributed by atoms with E-state index < -0.39 is 5.54 Å². The minimum atomic E-state index is -0.781. The maximum Gasteiger partial charge on any atom is 0.325 e. The van der Waals surface area contributed by atoms with Gasteiger partial charge in [0, 0.05) is 32.7 Å². The average Bonchev–Trinajstić information content (AvgIpc) is 3.03. The first-order chi connectivity index (χ1) is 15.4. The zero-order valence-corrected chi connectivity index (χ0v) is 19.3. The fourth-order valence-electron chi connectivity index (χ4n) is 5.16. The van der Waals surface area contributed by atoms with Gasteiger partial charge in [0.1, 0.15) is 5.54 Å². The van der Waals surface area contributed by atoms with E-state index in [1.54, 1.807) is 4.90 Å². The summed E-state index contributed by atoms with van der Waals surface area (Å²) in [5.74, 6) is -0.0506. The molecule has 4 rings (SSSR count). The highest BCUT2D eigenvalue weighted by Gasteiger charge is 2.54. The molecule has 3 fully saturated rings. The van der Waals surface area contributed by atoms with Crippen LogP contribution in [0.3, 0.4) is 0 Å². The second-order valence-electron chi connectivity index (χ2n) is 9.64. The van der Waals surface area contributed by atoms with Crippen molar-refractivity contribution in [2.45, 2.75) is 43.7 Å². The smallest absolute Gasteiger partial charge is 0.325 e. The highest BCUT2D eigenvalue weighted by molar-refractivity contribution is 6.07. The number of likely N-dealkylation sites (N-methyl/N-ethyl adjacent to an activating group) is 1. The Kier molecular flexibility index (Phi) is 6.81. The van der Waals surface area contributed by atoms with Crippen molar-refractivity contribution in [3.63, 3.8) is 0 Å². The third-order valence-electron chi connectivity index (χ3n) is 7.03. The lowest BCUT2D eigenvalue weighted by atomic mass is 9.87. The zero-order chi connectivity index (χ0) is 22.7. The quantitative estimate of drug-likeness (QED) is 0.671. The van der Waals surface area contributed by atoms with Gasteiger partial charge in [-0.3, -0.25) is 14.5 Å². The van der Waals surface area contributed by atoms with Crippen molar-refractivity contribution in [1.29, 1.82) is 0 Å². The van der Waals surface area contributed by atoms with Crippen molar-refractivity contribution in [1.82, 2.24) is 24.9 Å². The predicted octanol–water partition coefficient (Wildman–Crippen LogP) is 1.17. The predicted molar refractivity (Wildman–Crippen MR) is 122 cm³/mol. The Bertz CT molecular complexity index is 835. The summed E-state index contributed by atoms with van der Waals surface area (Å²) >= 11 is 0. The third kappa shape index (κ3) is 4.81. The molecule has 1 N–H and O–H groups in total. The molecule has 8 nitrogen and oxygen atoms in total. The number of hydrogen-bond acceptors (Lipinski definition) is 5. The van der Waals surface area contributed by atoms with Crippen LogP contribution >= 0.6 is 0 Å². The lowest BCUT2D eigenvalue weighted by Gasteiger charge is -2.39. The molecule has 174 valence electrons. The van der Waals surface area contributed by atoms with Crippen molar-refractivity contribution in [2.24, 2.45) is 0 Å². The van der Waals surface area contributed by atoms with Gasteiger partial charge in [0.2, 0.25) is 5.91 Å². The topological polar surface area (TPSA) is 76.2 Å². The fraction of sp³-hybridized carbons (Fsp3) is 0.625. The Balaban J connectivity index is 1.34. The molecule has 1 aromatic carbocycles. The maximum absolute atomic E-state index is 13.4. The number of likely N-dealkylation sites (tertiary alicyclic amines) is 2. The van der Waals surface area contributed by atoms with E-state index in [0.717, 1.165) is 38.9 Å². The second kappa shape index (κ2) is 9.58. The molecule has 3 aliphatic heterocycles. The minimum Gasteiger partial charge on any atom is -0.340 e. The summed E-state index contributed by atoms with van der Waals surface area (Å²) in [5.41, 5.74) is 0.533. The fourth-order valence-corrected chi connectivity index (χ4v) is 5.16. The number of imide groups is 1. The van der Waals surface area contributed by atoms with Crippen LogP contribution in [0.1, 0.15) is 31.2 Å². The van der Waals surface area contributed by atoms with Gasteiger partial charge in [-0.25, -0.2) is 4.79 Å². The Labute approximate surface area is 190 Å². The lowest BCUT2D eigenvalue weighted by molar-refractivity contribution is -0.139. The highest BCUT2D eigenvalue weighted by atomic mass is 16.2. The molecule has 1 unspecified atom stereocenters. The van der Waals surface area contributed by atoms with Crippen LogP contribution in [0.15, 0.2) is 30.3 Å². The second-order valence-corrected chi connectivity index (χ2v) is 9.64. The van der Waals surface area contributed by atoms with Gasteiger partial charge in [-0.1, -0.05) is 30.3 Å². The summed E-state index contributed by atoms with van der Waals surface area (Å²) in [6.07, 6.45) is 3.82. The largest absolute Gasteiger partial charge is 0.340 e. The third-order valence-corrected chi connectivity index (χ3v) is 7.03. The number of benzene rings is 1. The van der Waals surface area contributed by atoms with Gasteiger partial charge < -0.3 is 20.0 Å². The Morgan fingerprint density at radius 2 is 1.84 bits per heavy atom. The van der Waals surface area contributed by atoms with Gasteiger partial charge in [-0.2, -0.15) is 0 Å². The first-order valence-electron chi connectivity index (χ1n) is 11.7. The van der Waals surface area contributed by atoms with Crippen LogP contribution in [0.2, 0.25) is 0 Å². The molecule has 1 atom stereocenters. The van der Waals surface area contributed by atoms with Gasteiger partial charge >= 0.3 is 6.03 Å². The van der Waals surface area contributed by atoms with Crippen LogP contribution in [0.4, 0.5) is 4.79 Å². The number of piperidine rings is 2. The van der Waals surface area contributed by atoms with Gasteiger partial charge in [-0.15, -0.1) is 0 Å². The molecular formula is C24H35N5O3. The van der Waals surface area contributed by atoms with E-state index in [4.69, 9.17) is 0 Å². The minimum absolute atomic E-state index is 0.0493. The standard InChI is InChI=1S/C24H35N5O3/c1-26(2)18-21(30)28-13-6-9-20(17-28)29-22(31)24(25-23(29)32)11-15-27(16-12-24)14-10-19-7-4-3-5-8-19/h3-5,7-8,20H,6,9-18H2,1-2H3,(H,25,32). The summed E-state index contributed by atoms with van der Waals surface area (Å²) in [4.78, 5) is 46.3. The van der Waals surface area contributed by atoms with Gasteiger partial charge in [-0.05, 0) is 51.8 Å². The Morgan fingerprint density at radius 3 is 2.53 bits per heavy atom. The Morgan fingerprint density at radius 1 is 1.12 bits per heavy atom. The van der Waals surface area contributed by atoms with Crippen LogP contribution in [0.5, 0.6) is 0 Å². The number of nitrogens with one attached hydrogen (secondary N) is 1. The monoisotopic (exact) mass is 441 g/mol. The first-order valence-corrected chi connectivity index (χ1v) is 11.7. The molecular weight excluding hydrogens is 406 g/mol. The SMILES string of the molecule is CN(C)CC(=O)N1CCCC(N2C(=O)NC3(CCN(CCc4ccccc4)CC3)C2=O)C1. The van der Waals surface area contributed by atoms with Gasteiger partial charge in [0.05, 0.1) is 12.6 Å². The molecule has 0 aromatic heterocycles. The molecule has 3 saturated heterocycles. The van der Waals surface area contributed by atoms with Crippen molar-refractivity contribution in [2.75, 3.05) is 53.4 Å². The van der Waals surface area contributed by atoms with Gasteiger partial charge in [0.25, 0.3) is 5.91 Å². The summed E-state index contributed by atoms with van der Waals surface area (Å²) in [6, 6.07) is 9.89. The van der Waals surface area contributed by atoms with E-state index in [9.17, 15) is 14.4 Å². The van der Waals surface area contributed by atoms with Crippen molar-refractivity contribution in [3.8, 4) is 0 Å². The summed E-state index contributed by atoms with van der Waals surface area (Å²) in [5, 5.41) is 3.04.